The van der Waals surface area contributed by atoms with E-state index in [9.17, 15) is 22.8 Å². The first-order valence-corrected chi connectivity index (χ1v) is 8.76. The summed E-state index contributed by atoms with van der Waals surface area (Å²) >= 11 is 0. The topological polar surface area (TPSA) is 80.3 Å². The van der Waals surface area contributed by atoms with Crippen LogP contribution in [0.3, 0.4) is 0 Å². The molecule has 0 aliphatic heterocycles. The lowest BCUT2D eigenvalue weighted by Crippen LogP contribution is -2.18. The number of nitrogens with zero attached hydrogens (tertiary/aromatic N) is 1. The molecule has 2 aromatic carbocycles. The third-order valence-electron chi connectivity index (χ3n) is 3.91. The van der Waals surface area contributed by atoms with Crippen molar-refractivity contribution < 1.29 is 27.5 Å². The van der Waals surface area contributed by atoms with Crippen molar-refractivity contribution >= 4 is 23.2 Å². The van der Waals surface area contributed by atoms with E-state index in [2.05, 4.69) is 20.4 Å². The van der Waals surface area contributed by atoms with E-state index in [1.165, 1.54) is 42.6 Å². The van der Waals surface area contributed by atoms with Gasteiger partial charge in [-0.25, -0.2) is 4.39 Å². The van der Waals surface area contributed by atoms with Gasteiger partial charge in [-0.15, -0.1) is 0 Å². The largest absolute Gasteiger partial charge is 0.435 e. The summed E-state index contributed by atoms with van der Waals surface area (Å²) in [5, 5.41) is 5.12. The lowest BCUT2D eigenvalue weighted by molar-refractivity contribution is -0.115. The summed E-state index contributed by atoms with van der Waals surface area (Å²) in [4.78, 5) is 28.6. The van der Waals surface area contributed by atoms with Crippen LogP contribution in [0.5, 0.6) is 5.75 Å². The third-order valence-corrected chi connectivity index (χ3v) is 3.91. The van der Waals surface area contributed by atoms with Gasteiger partial charge in [0.25, 0.3) is 5.91 Å². The van der Waals surface area contributed by atoms with Crippen molar-refractivity contribution in [2.75, 3.05) is 10.6 Å². The number of carbonyl (C=O) groups is 2. The standard InChI is InChI=1S/C21H16F3N3O3/c22-14-6-9-16(27-20(29)17-3-1-2-10-25-17)18(12-14)26-19(28)11-13-4-7-15(8-5-13)30-21(23)24/h1-10,12,21H,11H2,(H,26,28)(H,27,29). The number of halogens is 3. The van der Waals surface area contributed by atoms with Crippen molar-refractivity contribution in [2.45, 2.75) is 13.0 Å². The molecular formula is C21H16F3N3O3. The number of pyridine rings is 1. The van der Waals surface area contributed by atoms with Gasteiger partial charge in [-0.1, -0.05) is 18.2 Å². The molecule has 9 heteroatoms. The molecule has 6 nitrogen and oxygen atoms in total. The quantitative estimate of drug-likeness (QED) is 0.605. The Balaban J connectivity index is 1.69. The molecule has 0 aliphatic rings. The van der Waals surface area contributed by atoms with Crippen LogP contribution in [0.15, 0.2) is 66.9 Å². The molecule has 0 saturated heterocycles. The third kappa shape index (κ3) is 5.81. The molecule has 2 amide bonds. The fraction of sp³-hybridized carbons (Fsp3) is 0.0952. The molecule has 0 saturated carbocycles. The Morgan fingerprint density at radius 3 is 2.40 bits per heavy atom. The van der Waals surface area contributed by atoms with E-state index in [-0.39, 0.29) is 29.2 Å². The molecule has 3 aromatic rings. The Morgan fingerprint density at radius 2 is 1.73 bits per heavy atom. The second-order valence-corrected chi connectivity index (χ2v) is 6.11. The van der Waals surface area contributed by atoms with Gasteiger partial charge in [-0.2, -0.15) is 8.78 Å². The molecule has 0 radical (unpaired) electrons. The first-order chi connectivity index (χ1) is 14.4. The molecule has 0 aliphatic carbocycles. The van der Waals surface area contributed by atoms with Crippen molar-refractivity contribution in [3.8, 4) is 5.75 Å². The van der Waals surface area contributed by atoms with Gasteiger partial charge >= 0.3 is 6.61 Å². The zero-order chi connectivity index (χ0) is 21.5. The van der Waals surface area contributed by atoms with E-state index in [0.717, 1.165) is 12.1 Å². The first kappa shape index (κ1) is 20.8. The molecule has 0 fully saturated rings. The van der Waals surface area contributed by atoms with E-state index < -0.39 is 24.2 Å². The van der Waals surface area contributed by atoms with E-state index >= 15 is 0 Å². The first-order valence-electron chi connectivity index (χ1n) is 8.76. The number of anilines is 2. The molecular weight excluding hydrogens is 399 g/mol. The summed E-state index contributed by atoms with van der Waals surface area (Å²) in [6, 6.07) is 13.9. The molecule has 0 atom stereocenters. The number of hydrogen-bond acceptors (Lipinski definition) is 4. The van der Waals surface area contributed by atoms with Gasteiger partial charge in [0, 0.05) is 6.20 Å². The Bertz CT molecular complexity index is 1030. The van der Waals surface area contributed by atoms with Crippen molar-refractivity contribution in [1.29, 1.82) is 0 Å². The number of amides is 2. The Hall–Kier alpha value is -3.88. The zero-order valence-corrected chi connectivity index (χ0v) is 15.4. The van der Waals surface area contributed by atoms with Crippen LogP contribution in [0.4, 0.5) is 24.5 Å². The maximum atomic E-state index is 13.7. The monoisotopic (exact) mass is 415 g/mol. The SMILES string of the molecule is O=C(Cc1ccc(OC(F)F)cc1)Nc1cc(F)ccc1NC(=O)c1ccccn1. The van der Waals surface area contributed by atoms with Gasteiger partial charge in [0.15, 0.2) is 0 Å². The van der Waals surface area contributed by atoms with Crippen LogP contribution in [0.1, 0.15) is 16.1 Å². The number of hydrogen-bond donors (Lipinski definition) is 2. The van der Waals surface area contributed by atoms with E-state index in [1.54, 1.807) is 12.1 Å². The lowest BCUT2D eigenvalue weighted by atomic mass is 10.1. The molecule has 154 valence electrons. The van der Waals surface area contributed by atoms with Gasteiger partial charge in [0.1, 0.15) is 17.3 Å². The molecule has 3 rings (SSSR count). The number of alkyl halides is 2. The average Bonchev–Trinajstić information content (AvgIpc) is 2.71. The Kier molecular flexibility index (Phi) is 6.63. The van der Waals surface area contributed by atoms with Gasteiger partial charge in [0.05, 0.1) is 17.8 Å². The van der Waals surface area contributed by atoms with Crippen molar-refractivity contribution in [3.63, 3.8) is 0 Å². The summed E-state index contributed by atoms with van der Waals surface area (Å²) in [6.45, 7) is -2.94. The predicted molar refractivity (Wildman–Crippen MR) is 104 cm³/mol. The molecule has 2 N–H and O–H groups in total. The smallest absolute Gasteiger partial charge is 0.387 e. The summed E-state index contributed by atoms with van der Waals surface area (Å²) in [5.74, 6) is -1.64. The van der Waals surface area contributed by atoms with Crippen LogP contribution in [0, 0.1) is 5.82 Å². The highest BCUT2D eigenvalue weighted by atomic mass is 19.3. The van der Waals surface area contributed by atoms with Crippen LogP contribution in [-0.2, 0) is 11.2 Å². The molecule has 1 heterocycles. The fourth-order valence-electron chi connectivity index (χ4n) is 2.58. The highest BCUT2D eigenvalue weighted by Gasteiger charge is 2.13. The number of benzene rings is 2. The van der Waals surface area contributed by atoms with Gasteiger partial charge in [0.2, 0.25) is 5.91 Å². The Morgan fingerprint density at radius 1 is 0.967 bits per heavy atom. The predicted octanol–water partition coefficient (Wildman–Crippen LogP) is 4.26. The summed E-state index contributed by atoms with van der Waals surface area (Å²) in [5.41, 5.74) is 0.956. The van der Waals surface area contributed by atoms with Crippen LogP contribution in [-0.4, -0.2) is 23.4 Å². The second-order valence-electron chi connectivity index (χ2n) is 6.11. The number of aromatic nitrogens is 1. The number of nitrogens with one attached hydrogen (secondary N) is 2. The summed E-state index contributed by atoms with van der Waals surface area (Å²) < 4.78 is 42.3. The average molecular weight is 415 g/mol. The van der Waals surface area contributed by atoms with Crippen molar-refractivity contribution in [2.24, 2.45) is 0 Å². The molecule has 30 heavy (non-hydrogen) atoms. The number of carbonyl (C=O) groups excluding carboxylic acids is 2. The van der Waals surface area contributed by atoms with Crippen molar-refractivity contribution in [3.05, 3.63) is 83.9 Å². The van der Waals surface area contributed by atoms with E-state index in [0.29, 0.717) is 5.56 Å². The highest BCUT2D eigenvalue weighted by molar-refractivity contribution is 6.06. The maximum absolute atomic E-state index is 13.7. The summed E-state index contributed by atoms with van der Waals surface area (Å²) in [6.07, 6.45) is 1.36. The molecule has 1 aromatic heterocycles. The van der Waals surface area contributed by atoms with Crippen LogP contribution < -0.4 is 15.4 Å². The normalized spacial score (nSPS) is 10.5. The van der Waals surface area contributed by atoms with Gasteiger partial charge < -0.3 is 15.4 Å². The van der Waals surface area contributed by atoms with Gasteiger partial charge in [-0.05, 0) is 48.0 Å². The minimum absolute atomic E-state index is 0.0289. The molecule has 0 unspecified atom stereocenters. The van der Waals surface area contributed by atoms with E-state index in [1.807, 2.05) is 0 Å². The maximum Gasteiger partial charge on any atom is 0.387 e. The van der Waals surface area contributed by atoms with Crippen molar-refractivity contribution in [1.82, 2.24) is 4.98 Å². The fourth-order valence-corrected chi connectivity index (χ4v) is 2.58. The minimum Gasteiger partial charge on any atom is -0.435 e. The number of ether oxygens (including phenoxy) is 1. The van der Waals surface area contributed by atoms with Gasteiger partial charge in [-0.3, -0.25) is 14.6 Å². The van der Waals surface area contributed by atoms with Crippen LogP contribution in [0.25, 0.3) is 0 Å². The molecule has 0 bridgehead atoms. The second kappa shape index (κ2) is 9.55. The molecule has 0 spiro atoms. The minimum atomic E-state index is -2.94. The Labute approximate surface area is 169 Å². The zero-order valence-electron chi connectivity index (χ0n) is 15.4. The lowest BCUT2D eigenvalue weighted by Gasteiger charge is -2.13. The van der Waals surface area contributed by atoms with Crippen LogP contribution in [0.2, 0.25) is 0 Å². The van der Waals surface area contributed by atoms with Crippen LogP contribution >= 0.6 is 0 Å². The number of rotatable bonds is 7. The highest BCUT2D eigenvalue weighted by Crippen LogP contribution is 2.24. The van der Waals surface area contributed by atoms with E-state index in [4.69, 9.17) is 0 Å². The summed E-state index contributed by atoms with van der Waals surface area (Å²) in [7, 11) is 0.